The van der Waals surface area contributed by atoms with Gasteiger partial charge in [0.15, 0.2) is 0 Å². The summed E-state index contributed by atoms with van der Waals surface area (Å²) in [5.74, 6) is 0. The summed E-state index contributed by atoms with van der Waals surface area (Å²) in [5, 5.41) is 1.51. The molecule has 3 nitrogen and oxygen atoms in total. The lowest BCUT2D eigenvalue weighted by atomic mass is 10.1. The van der Waals surface area contributed by atoms with Crippen LogP contribution in [0.15, 0.2) is 131 Å². The van der Waals surface area contributed by atoms with E-state index in [2.05, 4.69) is 65.5 Å². The van der Waals surface area contributed by atoms with Crippen LogP contribution in [0.1, 0.15) is 55.9 Å². The van der Waals surface area contributed by atoms with E-state index in [9.17, 15) is 0 Å². The Hall–Kier alpha value is -3.76. The molecule has 0 saturated heterocycles. The van der Waals surface area contributed by atoms with Gasteiger partial charge in [-0.25, -0.2) is 0 Å². The van der Waals surface area contributed by atoms with Crippen LogP contribution in [-0.2, 0) is 0 Å². The lowest BCUT2D eigenvalue weighted by Crippen LogP contribution is -2.12. The van der Waals surface area contributed by atoms with Gasteiger partial charge in [-0.1, -0.05) is 132 Å². The van der Waals surface area contributed by atoms with Crippen LogP contribution in [0.5, 0.6) is 0 Å². The zero-order valence-corrected chi connectivity index (χ0v) is 26.9. The summed E-state index contributed by atoms with van der Waals surface area (Å²) in [6, 6.07) is 36.4. The maximum Gasteiger partial charge on any atom is 0.0506 e. The number of rotatable bonds is 10. The van der Waals surface area contributed by atoms with Crippen molar-refractivity contribution in [3.8, 4) is 0 Å². The fraction of sp³-hybridized carbons (Fsp3) is 0.211. The second kappa shape index (κ2) is 21.9. The monoisotopic (exact) mass is 611 g/mol. The molecule has 0 radical (unpaired) electrons. The highest BCUT2D eigenvalue weighted by atomic mass is 35.5. The smallest absolute Gasteiger partial charge is 0.0506 e. The second-order valence-electron chi connectivity index (χ2n) is 9.93. The quantitative estimate of drug-likeness (QED) is 0.178. The second-order valence-corrected chi connectivity index (χ2v) is 10.8. The van der Waals surface area contributed by atoms with Gasteiger partial charge in [0.05, 0.1) is 6.04 Å². The minimum absolute atomic E-state index is 0.255. The standard InChI is InChI=1S/C18H18ClN.C11H15N.C9H10ClN/c1-15(6-5-9-16-7-3-2-4-8-16)20-14-17-10-12-18(19)13-11-17;1-10(12)6-5-9-11-7-3-2-4-8-11;1-2-11-7-8-3-5-9(10)6-4-8/h2-5,7-15H,6H2,1H3;2-5,7-10H,6,12H2,1H3;3-7H,2H2,1H3/b9-5+,20-14?;9-5+;/t15-;10-;/m11./s1. The van der Waals surface area contributed by atoms with Crippen LogP contribution in [0.25, 0.3) is 12.2 Å². The molecule has 4 rings (SSSR count). The Morgan fingerprint density at radius 2 is 1.05 bits per heavy atom. The molecule has 0 aliphatic carbocycles. The van der Waals surface area contributed by atoms with Crippen molar-refractivity contribution in [2.45, 2.75) is 45.7 Å². The number of aliphatic imine (C=N–C) groups is 2. The molecule has 0 fully saturated rings. The molecule has 0 amide bonds. The first-order valence-corrected chi connectivity index (χ1v) is 15.3. The van der Waals surface area contributed by atoms with Gasteiger partial charge in [-0.2, -0.15) is 0 Å². The molecule has 0 heterocycles. The first-order valence-electron chi connectivity index (χ1n) is 14.6. The largest absolute Gasteiger partial charge is 0.328 e. The normalized spacial score (nSPS) is 12.6. The van der Waals surface area contributed by atoms with Gasteiger partial charge in [-0.05, 0) is 80.1 Å². The van der Waals surface area contributed by atoms with Gasteiger partial charge in [-0.3, -0.25) is 9.98 Å². The van der Waals surface area contributed by atoms with Crippen molar-refractivity contribution in [3.63, 3.8) is 0 Å². The van der Waals surface area contributed by atoms with Gasteiger partial charge in [0, 0.05) is 35.1 Å². The van der Waals surface area contributed by atoms with Gasteiger partial charge >= 0.3 is 0 Å². The Labute approximate surface area is 268 Å². The average Bonchev–Trinajstić information content (AvgIpc) is 3.02. The van der Waals surface area contributed by atoms with Crippen molar-refractivity contribution in [1.29, 1.82) is 0 Å². The van der Waals surface area contributed by atoms with Gasteiger partial charge < -0.3 is 5.73 Å². The Kier molecular flexibility index (Phi) is 18.0. The Morgan fingerprint density at radius 1 is 0.605 bits per heavy atom. The fourth-order valence-electron chi connectivity index (χ4n) is 3.52. The molecular weight excluding hydrogens is 569 g/mol. The van der Waals surface area contributed by atoms with Crippen LogP contribution in [0, 0.1) is 0 Å². The summed E-state index contributed by atoms with van der Waals surface area (Å²) in [6.45, 7) is 6.95. The Morgan fingerprint density at radius 3 is 1.49 bits per heavy atom. The van der Waals surface area contributed by atoms with E-state index in [1.54, 1.807) is 0 Å². The molecule has 224 valence electrons. The molecule has 43 heavy (non-hydrogen) atoms. The minimum Gasteiger partial charge on any atom is -0.328 e. The summed E-state index contributed by atoms with van der Waals surface area (Å²) >= 11 is 11.5. The summed E-state index contributed by atoms with van der Waals surface area (Å²) in [5.41, 5.74) is 10.2. The molecule has 2 atom stereocenters. The molecule has 4 aromatic carbocycles. The van der Waals surface area contributed by atoms with Gasteiger partial charge in [0.2, 0.25) is 0 Å². The summed E-state index contributed by atoms with van der Waals surface area (Å²) < 4.78 is 0. The molecule has 0 aliphatic heterocycles. The predicted octanol–water partition coefficient (Wildman–Crippen LogP) is 10.5. The molecule has 0 aliphatic rings. The molecule has 5 heteroatoms. The van der Waals surface area contributed by atoms with E-state index in [0.717, 1.165) is 40.6 Å². The summed E-state index contributed by atoms with van der Waals surface area (Å²) in [6.07, 6.45) is 14.1. The highest BCUT2D eigenvalue weighted by Crippen LogP contribution is 2.10. The van der Waals surface area contributed by atoms with Crippen LogP contribution >= 0.6 is 23.2 Å². The zero-order valence-electron chi connectivity index (χ0n) is 25.4. The molecule has 0 saturated carbocycles. The Balaban J connectivity index is 0.000000241. The lowest BCUT2D eigenvalue weighted by Gasteiger charge is -2.01. The molecule has 0 bridgehead atoms. The van der Waals surface area contributed by atoms with Crippen molar-refractivity contribution in [3.05, 3.63) is 154 Å². The van der Waals surface area contributed by atoms with E-state index in [0.29, 0.717) is 0 Å². The maximum atomic E-state index is 5.85. The highest BCUT2D eigenvalue weighted by Gasteiger charge is 1.95. The number of hydrogen-bond donors (Lipinski definition) is 1. The van der Waals surface area contributed by atoms with Gasteiger partial charge in [-0.15, -0.1) is 0 Å². The summed E-state index contributed by atoms with van der Waals surface area (Å²) in [4.78, 5) is 8.64. The van der Waals surface area contributed by atoms with E-state index in [1.165, 1.54) is 11.1 Å². The lowest BCUT2D eigenvalue weighted by molar-refractivity contribution is 0.759. The molecule has 4 aromatic rings. The van der Waals surface area contributed by atoms with Gasteiger partial charge in [0.25, 0.3) is 0 Å². The van der Waals surface area contributed by atoms with Crippen LogP contribution < -0.4 is 5.73 Å². The number of nitrogens with two attached hydrogens (primary N) is 1. The van der Waals surface area contributed by atoms with E-state index in [-0.39, 0.29) is 12.1 Å². The first-order chi connectivity index (χ1) is 20.9. The molecule has 0 spiro atoms. The Bertz CT molecular complexity index is 1380. The fourth-order valence-corrected chi connectivity index (χ4v) is 3.77. The number of halogens is 2. The van der Waals surface area contributed by atoms with Gasteiger partial charge in [0.1, 0.15) is 0 Å². The molecule has 0 aromatic heterocycles. The van der Waals surface area contributed by atoms with Crippen molar-refractivity contribution in [1.82, 2.24) is 0 Å². The number of hydrogen-bond acceptors (Lipinski definition) is 3. The number of nitrogens with zero attached hydrogens (tertiary/aromatic N) is 2. The SMILES string of the molecule is CCN=Cc1ccc(Cl)cc1.C[C@@H](N)C/C=C/c1ccccc1.C[C@H](C/C=C/c1ccccc1)N=Cc1ccc(Cl)cc1. The average molecular weight is 613 g/mol. The third-order valence-corrected chi connectivity index (χ3v) is 6.35. The molecular formula is C38H43Cl2N3. The maximum absolute atomic E-state index is 5.85. The van der Waals surface area contributed by atoms with Crippen molar-refractivity contribution in [2.24, 2.45) is 15.7 Å². The van der Waals surface area contributed by atoms with Crippen molar-refractivity contribution in [2.75, 3.05) is 6.54 Å². The molecule has 2 N–H and O–H groups in total. The van der Waals surface area contributed by atoms with E-state index < -0.39 is 0 Å². The topological polar surface area (TPSA) is 50.7 Å². The molecule has 0 unspecified atom stereocenters. The van der Waals surface area contributed by atoms with Crippen LogP contribution in [0.2, 0.25) is 10.0 Å². The van der Waals surface area contributed by atoms with Crippen LogP contribution in [0.4, 0.5) is 0 Å². The van der Waals surface area contributed by atoms with Crippen LogP contribution in [0.3, 0.4) is 0 Å². The number of benzene rings is 4. The van der Waals surface area contributed by atoms with Crippen LogP contribution in [-0.4, -0.2) is 31.1 Å². The first kappa shape index (κ1) is 35.4. The zero-order chi connectivity index (χ0) is 31.1. The van der Waals surface area contributed by atoms with E-state index in [4.69, 9.17) is 28.9 Å². The van der Waals surface area contributed by atoms with Crippen molar-refractivity contribution < 1.29 is 0 Å². The highest BCUT2D eigenvalue weighted by molar-refractivity contribution is 6.30. The van der Waals surface area contributed by atoms with Crippen molar-refractivity contribution >= 4 is 47.8 Å². The predicted molar refractivity (Wildman–Crippen MR) is 192 cm³/mol. The minimum atomic E-state index is 0.255. The third-order valence-electron chi connectivity index (χ3n) is 5.85. The summed E-state index contributed by atoms with van der Waals surface area (Å²) in [7, 11) is 0. The van der Waals surface area contributed by atoms with E-state index >= 15 is 0 Å². The van der Waals surface area contributed by atoms with E-state index in [1.807, 2.05) is 111 Å². The third kappa shape index (κ3) is 17.7.